The van der Waals surface area contributed by atoms with E-state index in [0.29, 0.717) is 0 Å². The van der Waals surface area contributed by atoms with Gasteiger partial charge in [0.2, 0.25) is 0 Å². The van der Waals surface area contributed by atoms with Crippen LogP contribution in [0.4, 0.5) is 0 Å². The Labute approximate surface area is 86.6 Å². The lowest BCUT2D eigenvalue weighted by Gasteiger charge is -2.04. The molecule has 0 heterocycles. The van der Waals surface area contributed by atoms with Gasteiger partial charge in [-0.05, 0) is 47.5 Å². The molecule has 0 fully saturated rings. The highest BCUT2D eigenvalue weighted by molar-refractivity contribution is 5.96. The van der Waals surface area contributed by atoms with Gasteiger partial charge < -0.3 is 10.2 Å². The predicted molar refractivity (Wildman–Crippen MR) is 57.3 cm³/mol. The summed E-state index contributed by atoms with van der Waals surface area (Å²) in [5, 5.41) is 19.9. The summed E-state index contributed by atoms with van der Waals surface area (Å²) in [6.07, 6.45) is 0. The number of aryl methyl sites for hydroxylation is 1. The van der Waals surface area contributed by atoms with Crippen molar-refractivity contribution in [3.63, 3.8) is 0 Å². The highest BCUT2D eigenvalue weighted by Gasteiger charge is 2.06. The average Bonchev–Trinajstić information content (AvgIpc) is 2.18. The number of aromatic hydroxyl groups is 1. The van der Waals surface area contributed by atoms with Gasteiger partial charge in [-0.3, -0.25) is 0 Å². The van der Waals surface area contributed by atoms with Crippen LogP contribution in [0.5, 0.6) is 5.75 Å². The van der Waals surface area contributed by atoms with Crippen LogP contribution >= 0.6 is 0 Å². The number of phenols is 1. The van der Waals surface area contributed by atoms with E-state index in [-0.39, 0.29) is 11.3 Å². The molecule has 0 aliphatic carbocycles. The van der Waals surface area contributed by atoms with Crippen LogP contribution < -0.4 is 0 Å². The van der Waals surface area contributed by atoms with E-state index in [0.717, 1.165) is 16.3 Å². The van der Waals surface area contributed by atoms with E-state index >= 15 is 0 Å². The molecule has 0 radical (unpaired) electrons. The van der Waals surface area contributed by atoms with Crippen LogP contribution in [-0.4, -0.2) is 16.2 Å². The van der Waals surface area contributed by atoms with E-state index < -0.39 is 5.97 Å². The van der Waals surface area contributed by atoms with Gasteiger partial charge in [0.05, 0.1) is 5.56 Å². The Hall–Kier alpha value is -2.03. The second-order valence-electron chi connectivity index (χ2n) is 3.50. The van der Waals surface area contributed by atoms with Crippen LogP contribution in [0, 0.1) is 6.92 Å². The first kappa shape index (κ1) is 9.52. The molecule has 76 valence electrons. The molecule has 2 N–H and O–H groups in total. The number of rotatable bonds is 1. The van der Waals surface area contributed by atoms with E-state index in [2.05, 4.69) is 0 Å². The number of hydrogen-bond acceptors (Lipinski definition) is 2. The maximum absolute atomic E-state index is 10.8. The van der Waals surface area contributed by atoms with Gasteiger partial charge in [-0.2, -0.15) is 0 Å². The second-order valence-corrected chi connectivity index (χ2v) is 3.50. The average molecular weight is 202 g/mol. The van der Waals surface area contributed by atoms with Crippen LogP contribution in [0.2, 0.25) is 0 Å². The third-order valence-electron chi connectivity index (χ3n) is 2.39. The number of carboxylic acids is 1. The number of benzene rings is 2. The maximum Gasteiger partial charge on any atom is 0.335 e. The molecular weight excluding hydrogens is 192 g/mol. The molecule has 0 aliphatic heterocycles. The largest absolute Gasteiger partial charge is 0.508 e. The molecule has 2 aromatic carbocycles. The fraction of sp³-hybridized carbons (Fsp3) is 0.0833. The normalized spacial score (nSPS) is 10.5. The lowest BCUT2D eigenvalue weighted by atomic mass is 10.0. The quantitative estimate of drug-likeness (QED) is 0.747. The summed E-state index contributed by atoms with van der Waals surface area (Å²) >= 11 is 0. The number of hydrogen-bond donors (Lipinski definition) is 2. The molecule has 3 nitrogen and oxygen atoms in total. The van der Waals surface area contributed by atoms with Crippen LogP contribution in [0.25, 0.3) is 10.8 Å². The van der Waals surface area contributed by atoms with Gasteiger partial charge in [-0.15, -0.1) is 0 Å². The molecule has 0 atom stereocenters. The van der Waals surface area contributed by atoms with Gasteiger partial charge in [0.25, 0.3) is 0 Å². The van der Waals surface area contributed by atoms with Crippen LogP contribution in [0.1, 0.15) is 15.9 Å². The monoisotopic (exact) mass is 202 g/mol. The molecule has 0 aliphatic rings. The van der Waals surface area contributed by atoms with Crippen molar-refractivity contribution in [2.75, 3.05) is 0 Å². The SMILES string of the molecule is Cc1cc(C(=O)O)cc2ccc(O)cc12. The summed E-state index contributed by atoms with van der Waals surface area (Å²) in [5.74, 6) is -0.748. The van der Waals surface area contributed by atoms with Gasteiger partial charge in [-0.1, -0.05) is 6.07 Å². The minimum Gasteiger partial charge on any atom is -0.508 e. The van der Waals surface area contributed by atoms with Crippen LogP contribution in [0.3, 0.4) is 0 Å². The summed E-state index contributed by atoms with van der Waals surface area (Å²) in [4.78, 5) is 10.8. The van der Waals surface area contributed by atoms with Gasteiger partial charge in [0.15, 0.2) is 0 Å². The first-order chi connectivity index (χ1) is 7.08. The van der Waals surface area contributed by atoms with Gasteiger partial charge >= 0.3 is 5.97 Å². The van der Waals surface area contributed by atoms with Gasteiger partial charge in [-0.25, -0.2) is 4.79 Å². The first-order valence-corrected chi connectivity index (χ1v) is 4.54. The van der Waals surface area contributed by atoms with Crippen LogP contribution in [-0.2, 0) is 0 Å². The zero-order valence-electron chi connectivity index (χ0n) is 8.19. The first-order valence-electron chi connectivity index (χ1n) is 4.54. The highest BCUT2D eigenvalue weighted by atomic mass is 16.4. The Kier molecular flexibility index (Phi) is 2.08. The summed E-state index contributed by atoms with van der Waals surface area (Å²) in [6, 6.07) is 8.10. The highest BCUT2D eigenvalue weighted by Crippen LogP contribution is 2.24. The van der Waals surface area contributed by atoms with Crippen molar-refractivity contribution < 1.29 is 15.0 Å². The molecule has 0 amide bonds. The zero-order chi connectivity index (χ0) is 11.0. The van der Waals surface area contributed by atoms with Crippen molar-refractivity contribution in [1.82, 2.24) is 0 Å². The Morgan fingerprint density at radius 2 is 1.93 bits per heavy atom. The zero-order valence-corrected chi connectivity index (χ0v) is 8.19. The van der Waals surface area contributed by atoms with Crippen LogP contribution in [0.15, 0.2) is 30.3 Å². The number of aromatic carboxylic acids is 1. The number of fused-ring (bicyclic) bond motifs is 1. The molecule has 0 unspecified atom stereocenters. The van der Waals surface area contributed by atoms with E-state index in [1.807, 2.05) is 6.92 Å². The molecule has 15 heavy (non-hydrogen) atoms. The Morgan fingerprint density at radius 3 is 2.60 bits per heavy atom. The summed E-state index contributed by atoms with van der Waals surface area (Å²) in [5.41, 5.74) is 1.12. The van der Waals surface area contributed by atoms with Crippen molar-refractivity contribution >= 4 is 16.7 Å². The fourth-order valence-electron chi connectivity index (χ4n) is 1.66. The van der Waals surface area contributed by atoms with Crippen molar-refractivity contribution in [3.8, 4) is 5.75 Å². The molecule has 0 bridgehead atoms. The molecule has 0 spiro atoms. The van der Waals surface area contributed by atoms with E-state index in [9.17, 15) is 9.90 Å². The van der Waals surface area contributed by atoms with E-state index in [1.165, 1.54) is 0 Å². The standard InChI is InChI=1S/C12H10O3/c1-7-4-9(12(14)15)5-8-2-3-10(13)6-11(7)8/h2-6,13H,1H3,(H,14,15). The lowest BCUT2D eigenvalue weighted by molar-refractivity contribution is 0.0697. The number of carboxylic acid groups (broad SMARTS) is 1. The third-order valence-corrected chi connectivity index (χ3v) is 2.39. The Bertz CT molecular complexity index is 544. The summed E-state index contributed by atoms with van der Waals surface area (Å²) in [6.45, 7) is 1.83. The lowest BCUT2D eigenvalue weighted by Crippen LogP contribution is -1.96. The molecule has 2 aromatic rings. The predicted octanol–water partition coefficient (Wildman–Crippen LogP) is 2.55. The fourth-order valence-corrected chi connectivity index (χ4v) is 1.66. The molecular formula is C12H10O3. The van der Waals surface area contributed by atoms with E-state index in [1.54, 1.807) is 30.3 Å². The maximum atomic E-state index is 10.8. The molecule has 0 saturated carbocycles. The molecule has 0 aromatic heterocycles. The van der Waals surface area contributed by atoms with Crippen molar-refractivity contribution in [1.29, 1.82) is 0 Å². The summed E-state index contributed by atoms with van der Waals surface area (Å²) < 4.78 is 0. The topological polar surface area (TPSA) is 57.5 Å². The molecule has 3 heteroatoms. The molecule has 0 saturated heterocycles. The van der Waals surface area contributed by atoms with Crippen molar-refractivity contribution in [3.05, 3.63) is 41.5 Å². The van der Waals surface area contributed by atoms with E-state index in [4.69, 9.17) is 5.11 Å². The Balaban J connectivity index is 2.78. The minimum absolute atomic E-state index is 0.189. The van der Waals surface area contributed by atoms with Gasteiger partial charge in [0, 0.05) is 0 Å². The third kappa shape index (κ3) is 1.64. The minimum atomic E-state index is -0.937. The second kappa shape index (κ2) is 3.28. The Morgan fingerprint density at radius 1 is 1.20 bits per heavy atom. The smallest absolute Gasteiger partial charge is 0.335 e. The summed E-state index contributed by atoms with van der Waals surface area (Å²) in [7, 11) is 0. The number of phenolic OH excluding ortho intramolecular Hbond substituents is 1. The molecule has 2 rings (SSSR count). The van der Waals surface area contributed by atoms with Crippen molar-refractivity contribution in [2.45, 2.75) is 6.92 Å². The number of carbonyl (C=O) groups is 1. The van der Waals surface area contributed by atoms with Crippen molar-refractivity contribution in [2.24, 2.45) is 0 Å². The van der Waals surface area contributed by atoms with Gasteiger partial charge in [0.1, 0.15) is 5.75 Å².